The largest absolute Gasteiger partial charge is 0.303 e. The molecule has 3 aliphatic rings. The molecule has 1 aliphatic heterocycles. The van der Waals surface area contributed by atoms with Crippen LogP contribution in [0, 0.1) is 11.8 Å². The molecule has 1 heterocycles. The maximum atomic E-state index is 12.4. The fourth-order valence-electron chi connectivity index (χ4n) is 5.01. The molecule has 2 atom stereocenters. The van der Waals surface area contributed by atoms with Crippen molar-refractivity contribution in [1.29, 1.82) is 0 Å². The lowest BCUT2D eigenvalue weighted by molar-refractivity contribution is 0.0919. The molecule has 1 aromatic carbocycles. The molecule has 23 heavy (non-hydrogen) atoms. The second-order valence-electron chi connectivity index (χ2n) is 7.97. The van der Waals surface area contributed by atoms with E-state index in [9.17, 15) is 4.79 Å². The summed E-state index contributed by atoms with van der Waals surface area (Å²) in [6.07, 6.45) is 10.3. The van der Waals surface area contributed by atoms with Crippen LogP contribution in [0.15, 0.2) is 36.4 Å². The fraction of sp³-hybridized carbons (Fsp3) is 0.571. The SMILES string of the molecule is C[C@@H]1C=CC[C@@H](CN2CCC3(CC2)CC(=O)c2ccccc23)C1. The van der Waals surface area contributed by atoms with Crippen molar-refractivity contribution in [1.82, 2.24) is 4.90 Å². The number of Topliss-reactive ketones (excluding diaryl/α,β-unsaturated/α-hetero) is 1. The number of allylic oxidation sites excluding steroid dienone is 2. The zero-order chi connectivity index (χ0) is 15.9. The van der Waals surface area contributed by atoms with E-state index in [0.717, 1.165) is 49.8 Å². The summed E-state index contributed by atoms with van der Waals surface area (Å²) < 4.78 is 0. The predicted octanol–water partition coefficient (Wildman–Crippen LogP) is 4.21. The van der Waals surface area contributed by atoms with E-state index >= 15 is 0 Å². The Morgan fingerprint density at radius 3 is 2.78 bits per heavy atom. The first-order valence-electron chi connectivity index (χ1n) is 9.18. The van der Waals surface area contributed by atoms with Crippen molar-refractivity contribution in [2.75, 3.05) is 19.6 Å². The third-order valence-electron chi connectivity index (χ3n) is 6.27. The highest BCUT2D eigenvalue weighted by Gasteiger charge is 2.44. The van der Waals surface area contributed by atoms with E-state index in [1.807, 2.05) is 12.1 Å². The van der Waals surface area contributed by atoms with Crippen LogP contribution < -0.4 is 0 Å². The van der Waals surface area contributed by atoms with Gasteiger partial charge >= 0.3 is 0 Å². The van der Waals surface area contributed by atoms with Crippen molar-refractivity contribution in [2.45, 2.75) is 44.4 Å². The van der Waals surface area contributed by atoms with Gasteiger partial charge in [0, 0.05) is 23.9 Å². The van der Waals surface area contributed by atoms with Crippen molar-refractivity contribution < 1.29 is 4.79 Å². The summed E-state index contributed by atoms with van der Waals surface area (Å²) >= 11 is 0. The first-order chi connectivity index (χ1) is 11.2. The lowest BCUT2D eigenvalue weighted by Crippen LogP contribution is -2.43. The Kier molecular flexibility index (Phi) is 3.88. The molecule has 1 aromatic rings. The van der Waals surface area contributed by atoms with Gasteiger partial charge in [-0.2, -0.15) is 0 Å². The maximum Gasteiger partial charge on any atom is 0.164 e. The molecule has 0 radical (unpaired) electrons. The van der Waals surface area contributed by atoms with Crippen molar-refractivity contribution >= 4 is 5.78 Å². The summed E-state index contributed by atoms with van der Waals surface area (Å²) in [7, 11) is 0. The molecule has 0 unspecified atom stereocenters. The number of fused-ring (bicyclic) bond motifs is 2. The molecule has 0 N–H and O–H groups in total. The zero-order valence-corrected chi connectivity index (χ0v) is 14.1. The molecule has 2 aliphatic carbocycles. The molecule has 0 bridgehead atoms. The Balaban J connectivity index is 1.42. The van der Waals surface area contributed by atoms with Crippen LogP contribution in [0.3, 0.4) is 0 Å². The predicted molar refractivity (Wildman–Crippen MR) is 93.8 cm³/mol. The van der Waals surface area contributed by atoms with Gasteiger partial charge in [0.15, 0.2) is 5.78 Å². The maximum absolute atomic E-state index is 12.4. The molecule has 0 aromatic heterocycles. The number of carbonyl (C=O) groups is 1. The van der Waals surface area contributed by atoms with Crippen molar-refractivity contribution in [2.24, 2.45) is 11.8 Å². The van der Waals surface area contributed by atoms with Gasteiger partial charge in [0.2, 0.25) is 0 Å². The number of likely N-dealkylation sites (tertiary alicyclic amines) is 1. The van der Waals surface area contributed by atoms with Crippen LogP contribution >= 0.6 is 0 Å². The quantitative estimate of drug-likeness (QED) is 0.763. The molecule has 0 saturated carbocycles. The number of rotatable bonds is 2. The molecular weight excluding hydrogens is 282 g/mol. The standard InChI is InChI=1S/C21H27NO/c1-16-5-4-6-17(13-16)15-22-11-9-21(10-12-22)14-20(23)18-7-2-3-8-19(18)21/h2-5,7-8,16-17H,6,9-15H2,1H3/t16-,17-/m1/s1. The van der Waals surface area contributed by atoms with Gasteiger partial charge in [-0.15, -0.1) is 0 Å². The smallest absolute Gasteiger partial charge is 0.164 e. The van der Waals surface area contributed by atoms with Gasteiger partial charge in [0.25, 0.3) is 0 Å². The monoisotopic (exact) mass is 309 g/mol. The van der Waals surface area contributed by atoms with E-state index < -0.39 is 0 Å². The van der Waals surface area contributed by atoms with Crippen LogP contribution in [0.4, 0.5) is 0 Å². The number of hydrogen-bond donors (Lipinski definition) is 0. The van der Waals surface area contributed by atoms with E-state index in [0.29, 0.717) is 5.78 Å². The van der Waals surface area contributed by atoms with Gasteiger partial charge in [0.1, 0.15) is 0 Å². The Bertz CT molecular complexity index is 624. The lowest BCUT2D eigenvalue weighted by atomic mass is 9.73. The number of ketones is 1. The fourth-order valence-corrected chi connectivity index (χ4v) is 5.01. The number of piperidine rings is 1. The summed E-state index contributed by atoms with van der Waals surface area (Å²) in [5, 5.41) is 0. The Morgan fingerprint density at radius 1 is 1.22 bits per heavy atom. The number of nitrogens with zero attached hydrogens (tertiary/aromatic N) is 1. The summed E-state index contributed by atoms with van der Waals surface area (Å²) in [5.41, 5.74) is 2.47. The molecule has 122 valence electrons. The summed E-state index contributed by atoms with van der Waals surface area (Å²) in [6, 6.07) is 8.32. The molecule has 2 heteroatoms. The van der Waals surface area contributed by atoms with Crippen molar-refractivity contribution in [3.8, 4) is 0 Å². The Morgan fingerprint density at radius 2 is 2.00 bits per heavy atom. The van der Waals surface area contributed by atoms with Crippen LogP contribution in [0.2, 0.25) is 0 Å². The first-order valence-corrected chi connectivity index (χ1v) is 9.18. The van der Waals surface area contributed by atoms with Gasteiger partial charge in [0.05, 0.1) is 0 Å². The van der Waals surface area contributed by atoms with Gasteiger partial charge in [-0.25, -0.2) is 0 Å². The van der Waals surface area contributed by atoms with Crippen molar-refractivity contribution in [3.63, 3.8) is 0 Å². The van der Waals surface area contributed by atoms with Crippen LogP contribution in [-0.2, 0) is 5.41 Å². The van der Waals surface area contributed by atoms with E-state index in [2.05, 4.69) is 36.1 Å². The second kappa shape index (κ2) is 5.90. The van der Waals surface area contributed by atoms with Gasteiger partial charge in [-0.05, 0) is 56.2 Å². The van der Waals surface area contributed by atoms with Crippen LogP contribution in [0.1, 0.15) is 54.9 Å². The van der Waals surface area contributed by atoms with Gasteiger partial charge in [-0.1, -0.05) is 43.3 Å². The van der Waals surface area contributed by atoms with Crippen LogP contribution in [-0.4, -0.2) is 30.3 Å². The van der Waals surface area contributed by atoms with E-state index in [-0.39, 0.29) is 5.41 Å². The molecule has 1 fully saturated rings. The number of benzene rings is 1. The van der Waals surface area contributed by atoms with Gasteiger partial charge in [-0.3, -0.25) is 4.79 Å². The molecular formula is C21H27NO. The van der Waals surface area contributed by atoms with E-state index in [4.69, 9.17) is 0 Å². The summed E-state index contributed by atoms with van der Waals surface area (Å²) in [6.45, 7) is 5.86. The third kappa shape index (κ3) is 2.78. The molecule has 0 amide bonds. The zero-order valence-electron chi connectivity index (χ0n) is 14.1. The minimum absolute atomic E-state index is 0.143. The highest BCUT2D eigenvalue weighted by Crippen LogP contribution is 2.46. The Hall–Kier alpha value is -1.41. The minimum atomic E-state index is 0.143. The molecule has 1 spiro atoms. The first kappa shape index (κ1) is 15.1. The van der Waals surface area contributed by atoms with Crippen molar-refractivity contribution in [3.05, 3.63) is 47.5 Å². The highest BCUT2D eigenvalue weighted by atomic mass is 16.1. The normalized spacial score (nSPS) is 29.9. The molecule has 4 rings (SSSR count). The van der Waals surface area contributed by atoms with Crippen LogP contribution in [0.5, 0.6) is 0 Å². The summed E-state index contributed by atoms with van der Waals surface area (Å²) in [4.78, 5) is 15.0. The third-order valence-corrected chi connectivity index (χ3v) is 6.27. The van der Waals surface area contributed by atoms with E-state index in [1.54, 1.807) is 0 Å². The lowest BCUT2D eigenvalue weighted by Gasteiger charge is -2.41. The number of hydrogen-bond acceptors (Lipinski definition) is 2. The summed E-state index contributed by atoms with van der Waals surface area (Å²) in [5.74, 6) is 1.92. The van der Waals surface area contributed by atoms with E-state index in [1.165, 1.54) is 24.9 Å². The average molecular weight is 309 g/mol. The highest BCUT2D eigenvalue weighted by molar-refractivity contribution is 6.02. The van der Waals surface area contributed by atoms with Gasteiger partial charge < -0.3 is 4.90 Å². The second-order valence-corrected chi connectivity index (χ2v) is 7.97. The van der Waals surface area contributed by atoms with Crippen LogP contribution in [0.25, 0.3) is 0 Å². The topological polar surface area (TPSA) is 20.3 Å². The minimum Gasteiger partial charge on any atom is -0.303 e. The Labute approximate surface area is 139 Å². The molecule has 2 nitrogen and oxygen atoms in total. The number of carbonyl (C=O) groups excluding carboxylic acids is 1. The molecule has 1 saturated heterocycles. The average Bonchev–Trinajstić information content (AvgIpc) is 2.83.